The van der Waals surface area contributed by atoms with Crippen LogP contribution in [-0.2, 0) is 4.79 Å². The molecule has 0 heterocycles. The average Bonchev–Trinajstić information content (AvgIpc) is 2.51. The van der Waals surface area contributed by atoms with Crippen molar-refractivity contribution in [2.75, 3.05) is 20.8 Å². The molecule has 6 nitrogen and oxygen atoms in total. The van der Waals surface area contributed by atoms with Gasteiger partial charge >= 0.3 is 5.97 Å². The van der Waals surface area contributed by atoms with E-state index in [0.717, 1.165) is 0 Å². The molecule has 0 aliphatic heterocycles. The number of ether oxygens (including phenoxy) is 2. The highest BCUT2D eigenvalue weighted by Crippen LogP contribution is 2.25. The Morgan fingerprint density at radius 2 is 1.95 bits per heavy atom. The van der Waals surface area contributed by atoms with E-state index >= 15 is 0 Å². The second-order valence-corrected chi connectivity index (χ2v) is 4.97. The minimum absolute atomic E-state index is 0.0397. The minimum atomic E-state index is -0.998. The Morgan fingerprint density at radius 3 is 2.43 bits per heavy atom. The number of carboxylic acids is 1. The van der Waals surface area contributed by atoms with Gasteiger partial charge in [-0.1, -0.05) is 6.92 Å². The van der Waals surface area contributed by atoms with Crippen molar-refractivity contribution in [3.05, 3.63) is 23.8 Å². The molecule has 6 heteroatoms. The molecule has 1 aromatic rings. The first-order valence-electron chi connectivity index (χ1n) is 6.61. The molecule has 1 unspecified atom stereocenters. The third-order valence-electron chi connectivity index (χ3n) is 3.59. The van der Waals surface area contributed by atoms with Crippen molar-refractivity contribution in [1.29, 1.82) is 0 Å². The first-order valence-corrected chi connectivity index (χ1v) is 6.61. The highest BCUT2D eigenvalue weighted by molar-refractivity contribution is 5.97. The fourth-order valence-electron chi connectivity index (χ4n) is 1.71. The summed E-state index contributed by atoms with van der Waals surface area (Å²) >= 11 is 0. The summed E-state index contributed by atoms with van der Waals surface area (Å²) in [4.78, 5) is 23.5. The Morgan fingerprint density at radius 1 is 1.29 bits per heavy atom. The van der Waals surface area contributed by atoms with Gasteiger partial charge in [-0.05, 0) is 31.5 Å². The zero-order valence-corrected chi connectivity index (χ0v) is 12.7. The van der Waals surface area contributed by atoms with Crippen molar-refractivity contribution in [2.45, 2.75) is 20.3 Å². The van der Waals surface area contributed by atoms with Crippen molar-refractivity contribution >= 4 is 11.9 Å². The van der Waals surface area contributed by atoms with Gasteiger partial charge < -0.3 is 19.9 Å². The van der Waals surface area contributed by atoms with Crippen LogP contribution >= 0.6 is 0 Å². The Balaban J connectivity index is 2.91. The summed E-state index contributed by atoms with van der Waals surface area (Å²) in [5.74, 6) is -0.408. The summed E-state index contributed by atoms with van der Waals surface area (Å²) in [6, 6.07) is 4.87. The van der Waals surface area contributed by atoms with Gasteiger partial charge in [0, 0.05) is 6.54 Å². The molecule has 0 spiro atoms. The molecule has 21 heavy (non-hydrogen) atoms. The lowest BCUT2D eigenvalue weighted by Crippen LogP contribution is -2.40. The summed E-state index contributed by atoms with van der Waals surface area (Å²) in [7, 11) is 2.97. The van der Waals surface area contributed by atoms with Gasteiger partial charge in [-0.25, -0.2) is 0 Å². The molecular formula is C15H21NO5. The van der Waals surface area contributed by atoms with Crippen LogP contribution in [0.1, 0.15) is 30.6 Å². The number of benzene rings is 1. The van der Waals surface area contributed by atoms with E-state index in [1.54, 1.807) is 32.0 Å². The largest absolute Gasteiger partial charge is 0.497 e. The van der Waals surface area contributed by atoms with Gasteiger partial charge in [-0.2, -0.15) is 0 Å². The van der Waals surface area contributed by atoms with Crippen LogP contribution in [0.4, 0.5) is 0 Å². The van der Waals surface area contributed by atoms with Gasteiger partial charge in [0.2, 0.25) is 0 Å². The number of carbonyl (C=O) groups is 2. The van der Waals surface area contributed by atoms with Gasteiger partial charge in [0.05, 0.1) is 25.2 Å². The summed E-state index contributed by atoms with van der Waals surface area (Å²) in [5, 5.41) is 11.8. The molecule has 0 bridgehead atoms. The number of rotatable bonds is 7. The van der Waals surface area contributed by atoms with E-state index in [9.17, 15) is 14.7 Å². The van der Waals surface area contributed by atoms with Crippen LogP contribution in [0, 0.1) is 5.41 Å². The molecule has 1 amide bonds. The molecule has 0 aliphatic rings. The number of carboxylic acid groups (broad SMARTS) is 1. The monoisotopic (exact) mass is 295 g/mol. The highest BCUT2D eigenvalue weighted by atomic mass is 16.5. The lowest BCUT2D eigenvalue weighted by Gasteiger charge is -2.23. The fourth-order valence-corrected chi connectivity index (χ4v) is 1.71. The van der Waals surface area contributed by atoms with Crippen LogP contribution in [0.5, 0.6) is 11.5 Å². The van der Waals surface area contributed by atoms with Crippen LogP contribution in [0.15, 0.2) is 18.2 Å². The van der Waals surface area contributed by atoms with Crippen LogP contribution < -0.4 is 14.8 Å². The smallest absolute Gasteiger partial charge is 0.311 e. The van der Waals surface area contributed by atoms with Gasteiger partial charge in [0.15, 0.2) is 0 Å². The number of methoxy groups -OCH3 is 2. The number of amides is 1. The molecule has 0 aliphatic carbocycles. The average molecular weight is 295 g/mol. The van der Waals surface area contributed by atoms with Crippen molar-refractivity contribution < 1.29 is 24.2 Å². The Labute approximate surface area is 124 Å². The molecule has 0 radical (unpaired) electrons. The van der Waals surface area contributed by atoms with Crippen LogP contribution in [-0.4, -0.2) is 37.7 Å². The predicted molar refractivity (Wildman–Crippen MR) is 77.9 cm³/mol. The molecule has 1 rings (SSSR count). The Hall–Kier alpha value is -2.24. The summed E-state index contributed by atoms with van der Waals surface area (Å²) < 4.78 is 10.2. The van der Waals surface area contributed by atoms with E-state index in [1.165, 1.54) is 14.2 Å². The SMILES string of the molecule is CCC(C)(CNC(=O)c1cc(OC)ccc1OC)C(=O)O. The number of hydrogen-bond acceptors (Lipinski definition) is 4. The zero-order valence-electron chi connectivity index (χ0n) is 12.7. The molecule has 0 fully saturated rings. The van der Waals surface area contributed by atoms with E-state index in [1.807, 2.05) is 0 Å². The van der Waals surface area contributed by atoms with Crippen molar-refractivity contribution in [2.24, 2.45) is 5.41 Å². The summed E-state index contributed by atoms with van der Waals surface area (Å²) in [5.41, 5.74) is -0.692. The number of hydrogen-bond donors (Lipinski definition) is 2. The van der Waals surface area contributed by atoms with Gasteiger partial charge in [-0.15, -0.1) is 0 Å². The lowest BCUT2D eigenvalue weighted by molar-refractivity contribution is -0.147. The highest BCUT2D eigenvalue weighted by Gasteiger charge is 2.31. The second kappa shape index (κ2) is 6.97. The van der Waals surface area contributed by atoms with Crippen molar-refractivity contribution in [3.8, 4) is 11.5 Å². The zero-order chi connectivity index (χ0) is 16.0. The molecule has 1 atom stereocenters. The van der Waals surface area contributed by atoms with Gasteiger partial charge in [0.1, 0.15) is 11.5 Å². The number of carbonyl (C=O) groups excluding carboxylic acids is 1. The minimum Gasteiger partial charge on any atom is -0.497 e. The maximum absolute atomic E-state index is 12.2. The van der Waals surface area contributed by atoms with E-state index in [2.05, 4.69) is 5.32 Å². The Bertz CT molecular complexity index is 529. The predicted octanol–water partition coefficient (Wildman–Crippen LogP) is 1.93. The van der Waals surface area contributed by atoms with Crippen LogP contribution in [0.25, 0.3) is 0 Å². The maximum Gasteiger partial charge on any atom is 0.311 e. The first kappa shape index (κ1) is 16.8. The molecule has 116 valence electrons. The molecule has 0 aromatic heterocycles. The van der Waals surface area contributed by atoms with Gasteiger partial charge in [0.25, 0.3) is 5.91 Å². The maximum atomic E-state index is 12.2. The van der Waals surface area contributed by atoms with E-state index in [4.69, 9.17) is 9.47 Å². The Kier molecular flexibility index (Phi) is 5.58. The van der Waals surface area contributed by atoms with E-state index in [-0.39, 0.29) is 6.54 Å². The topological polar surface area (TPSA) is 84.9 Å². The lowest BCUT2D eigenvalue weighted by atomic mass is 9.87. The summed E-state index contributed by atoms with van der Waals surface area (Å²) in [6.45, 7) is 3.41. The molecule has 2 N–H and O–H groups in total. The van der Waals surface area contributed by atoms with E-state index < -0.39 is 17.3 Å². The quantitative estimate of drug-likeness (QED) is 0.803. The van der Waals surface area contributed by atoms with Crippen LogP contribution in [0.3, 0.4) is 0 Å². The fraction of sp³-hybridized carbons (Fsp3) is 0.467. The first-order chi connectivity index (χ1) is 9.87. The molecule has 0 saturated heterocycles. The molecule has 1 aromatic carbocycles. The number of nitrogens with one attached hydrogen (secondary N) is 1. The summed E-state index contributed by atoms with van der Waals surface area (Å²) in [6.07, 6.45) is 0.415. The van der Waals surface area contributed by atoms with Crippen LogP contribution in [0.2, 0.25) is 0 Å². The molecular weight excluding hydrogens is 274 g/mol. The van der Waals surface area contributed by atoms with Gasteiger partial charge in [-0.3, -0.25) is 9.59 Å². The van der Waals surface area contributed by atoms with Crippen molar-refractivity contribution in [1.82, 2.24) is 5.32 Å². The number of aliphatic carboxylic acids is 1. The third-order valence-corrected chi connectivity index (χ3v) is 3.59. The second-order valence-electron chi connectivity index (χ2n) is 4.97. The normalized spacial score (nSPS) is 13.1. The standard InChI is InChI=1S/C15H21NO5/c1-5-15(2,14(18)19)9-16-13(17)11-8-10(20-3)6-7-12(11)21-4/h6-8H,5,9H2,1-4H3,(H,16,17)(H,18,19). The third kappa shape index (κ3) is 3.87. The van der Waals surface area contributed by atoms with Crippen molar-refractivity contribution in [3.63, 3.8) is 0 Å². The van der Waals surface area contributed by atoms with E-state index in [0.29, 0.717) is 23.5 Å². The molecule has 0 saturated carbocycles.